The second kappa shape index (κ2) is 3.22. The number of ether oxygens (including phenoxy) is 1. The van der Waals surface area contributed by atoms with Gasteiger partial charge in [-0.1, -0.05) is 35.8 Å². The lowest BCUT2D eigenvalue weighted by molar-refractivity contribution is 0.395. The third-order valence-electron chi connectivity index (χ3n) is 3.44. The fourth-order valence-electron chi connectivity index (χ4n) is 2.19. The molecule has 0 aromatic heterocycles. The lowest BCUT2D eigenvalue weighted by Gasteiger charge is -2.20. The molecule has 1 aliphatic rings. The van der Waals surface area contributed by atoms with Gasteiger partial charge >= 0.3 is 0 Å². The maximum Gasteiger partial charge on any atom is 0.125 e. The second-order valence-electron chi connectivity index (χ2n) is 4.85. The molecule has 1 saturated carbocycles. The molecule has 0 radical (unpaired) electrons. The Labute approximate surface area is 98.9 Å². The number of hydrogen-bond donors (Lipinski definition) is 1. The normalized spacial score (nSPS) is 27.5. The van der Waals surface area contributed by atoms with Gasteiger partial charge in [0.1, 0.15) is 5.75 Å². The molecule has 2 N–H and O–H groups in total. The summed E-state index contributed by atoms with van der Waals surface area (Å²) in [6, 6.07) is 5.94. The monoisotopic (exact) mass is 269 g/mol. The smallest absolute Gasteiger partial charge is 0.125 e. The molecule has 1 unspecified atom stereocenters. The van der Waals surface area contributed by atoms with Crippen LogP contribution >= 0.6 is 15.9 Å². The predicted octanol–water partition coefficient (Wildman–Crippen LogP) is 3.04. The Morgan fingerprint density at radius 3 is 2.47 bits per heavy atom. The van der Waals surface area contributed by atoms with E-state index < -0.39 is 0 Å². The summed E-state index contributed by atoms with van der Waals surface area (Å²) in [6.45, 7) is 4.37. The Bertz CT molecular complexity index is 403. The van der Waals surface area contributed by atoms with Crippen LogP contribution in [0.5, 0.6) is 5.75 Å². The van der Waals surface area contributed by atoms with E-state index in [1.54, 1.807) is 7.11 Å². The first-order chi connectivity index (χ1) is 6.92. The van der Waals surface area contributed by atoms with Gasteiger partial charge in [0.15, 0.2) is 0 Å². The van der Waals surface area contributed by atoms with Crippen molar-refractivity contribution in [2.75, 3.05) is 7.11 Å². The minimum Gasteiger partial charge on any atom is -0.496 e. The summed E-state index contributed by atoms with van der Waals surface area (Å²) in [4.78, 5) is 0. The highest BCUT2D eigenvalue weighted by atomic mass is 79.9. The van der Waals surface area contributed by atoms with Crippen molar-refractivity contribution in [3.8, 4) is 5.75 Å². The van der Waals surface area contributed by atoms with E-state index in [4.69, 9.17) is 10.5 Å². The Kier molecular flexibility index (Phi) is 2.36. The summed E-state index contributed by atoms with van der Waals surface area (Å²) < 4.78 is 6.41. The van der Waals surface area contributed by atoms with Gasteiger partial charge in [0, 0.05) is 10.0 Å². The largest absolute Gasteiger partial charge is 0.496 e. The molecule has 1 aromatic rings. The van der Waals surface area contributed by atoms with Gasteiger partial charge in [0.25, 0.3) is 0 Å². The van der Waals surface area contributed by atoms with Crippen molar-refractivity contribution in [2.24, 2.45) is 11.1 Å². The first-order valence-electron chi connectivity index (χ1n) is 5.04. The molecule has 1 fully saturated rings. The van der Waals surface area contributed by atoms with E-state index in [1.807, 2.05) is 18.2 Å². The van der Waals surface area contributed by atoms with E-state index in [-0.39, 0.29) is 11.0 Å². The zero-order valence-electron chi connectivity index (χ0n) is 9.30. The third-order valence-corrected chi connectivity index (χ3v) is 4.11. The molecule has 3 heteroatoms. The van der Waals surface area contributed by atoms with Gasteiger partial charge < -0.3 is 10.5 Å². The highest BCUT2D eigenvalue weighted by molar-refractivity contribution is 9.10. The molecule has 0 aliphatic heterocycles. The molecule has 1 aromatic carbocycles. The van der Waals surface area contributed by atoms with Gasteiger partial charge in [-0.3, -0.25) is 0 Å². The number of benzene rings is 1. The molecule has 0 saturated heterocycles. The molecule has 0 heterocycles. The predicted molar refractivity (Wildman–Crippen MR) is 65.0 cm³/mol. The molecule has 82 valence electrons. The lowest BCUT2D eigenvalue weighted by atomic mass is 9.96. The fourth-order valence-corrected chi connectivity index (χ4v) is 2.89. The van der Waals surface area contributed by atoms with Gasteiger partial charge in [-0.2, -0.15) is 0 Å². The van der Waals surface area contributed by atoms with E-state index in [9.17, 15) is 0 Å². The van der Waals surface area contributed by atoms with E-state index in [0.29, 0.717) is 0 Å². The summed E-state index contributed by atoms with van der Waals surface area (Å²) in [5.41, 5.74) is 7.41. The second-order valence-corrected chi connectivity index (χ2v) is 5.70. The van der Waals surface area contributed by atoms with Crippen molar-refractivity contribution in [1.82, 2.24) is 0 Å². The van der Waals surface area contributed by atoms with E-state index >= 15 is 0 Å². The van der Waals surface area contributed by atoms with Crippen LogP contribution in [0, 0.1) is 5.41 Å². The third kappa shape index (κ3) is 1.49. The molecule has 15 heavy (non-hydrogen) atoms. The Morgan fingerprint density at radius 1 is 1.40 bits per heavy atom. The van der Waals surface area contributed by atoms with Gasteiger partial charge in [0.05, 0.1) is 12.6 Å². The minimum absolute atomic E-state index is 0.157. The van der Waals surface area contributed by atoms with Crippen molar-refractivity contribution in [3.05, 3.63) is 28.2 Å². The number of methoxy groups -OCH3 is 1. The lowest BCUT2D eigenvalue weighted by Crippen LogP contribution is -2.26. The van der Waals surface area contributed by atoms with Crippen LogP contribution in [-0.4, -0.2) is 7.11 Å². The van der Waals surface area contributed by atoms with Gasteiger partial charge in [-0.25, -0.2) is 0 Å². The topological polar surface area (TPSA) is 35.2 Å². The number of nitrogens with two attached hydrogens (primary N) is 1. The molecule has 0 amide bonds. The minimum atomic E-state index is -0.252. The van der Waals surface area contributed by atoms with Crippen LogP contribution in [0.4, 0.5) is 0 Å². The average Bonchev–Trinajstić information content (AvgIpc) is 2.65. The molecule has 2 rings (SSSR count). The first-order valence-corrected chi connectivity index (χ1v) is 5.83. The molecular formula is C12H16BrNO. The Balaban J connectivity index is 2.54. The van der Waals surface area contributed by atoms with Crippen LogP contribution < -0.4 is 10.5 Å². The first kappa shape index (κ1) is 11.0. The Morgan fingerprint density at radius 2 is 2.00 bits per heavy atom. The van der Waals surface area contributed by atoms with Crippen LogP contribution in [0.3, 0.4) is 0 Å². The van der Waals surface area contributed by atoms with Crippen LogP contribution in [0.25, 0.3) is 0 Å². The summed E-state index contributed by atoms with van der Waals surface area (Å²) >= 11 is 3.56. The molecule has 0 spiro atoms. The van der Waals surface area contributed by atoms with Gasteiger partial charge in [-0.05, 0) is 24.0 Å². The highest BCUT2D eigenvalue weighted by Crippen LogP contribution is 2.63. The Hall–Kier alpha value is -0.540. The zero-order chi connectivity index (χ0) is 11.3. The number of rotatable bonds is 2. The molecule has 1 aliphatic carbocycles. The van der Waals surface area contributed by atoms with Gasteiger partial charge in [-0.15, -0.1) is 0 Å². The van der Waals surface area contributed by atoms with Crippen LogP contribution in [-0.2, 0) is 5.54 Å². The molecule has 2 nitrogen and oxygen atoms in total. The summed E-state index contributed by atoms with van der Waals surface area (Å²) in [6.07, 6.45) is 0.999. The maximum atomic E-state index is 6.41. The molecule has 0 bridgehead atoms. The van der Waals surface area contributed by atoms with E-state index in [0.717, 1.165) is 22.2 Å². The maximum absolute atomic E-state index is 6.41. The SMILES string of the molecule is COc1cccc(Br)c1C1(N)CC1(C)C. The van der Waals surface area contributed by atoms with Crippen molar-refractivity contribution in [1.29, 1.82) is 0 Å². The van der Waals surface area contributed by atoms with E-state index in [1.165, 1.54) is 0 Å². The summed E-state index contributed by atoms with van der Waals surface area (Å²) in [7, 11) is 1.68. The van der Waals surface area contributed by atoms with Gasteiger partial charge in [0.2, 0.25) is 0 Å². The van der Waals surface area contributed by atoms with Crippen molar-refractivity contribution < 1.29 is 4.74 Å². The van der Waals surface area contributed by atoms with Crippen LogP contribution in [0.15, 0.2) is 22.7 Å². The number of hydrogen-bond acceptors (Lipinski definition) is 2. The summed E-state index contributed by atoms with van der Waals surface area (Å²) in [5, 5.41) is 0. The summed E-state index contributed by atoms with van der Waals surface area (Å²) in [5.74, 6) is 0.873. The standard InChI is InChI=1S/C12H16BrNO/c1-11(2)7-12(11,14)10-8(13)5-4-6-9(10)15-3/h4-6H,7,14H2,1-3H3. The highest BCUT2D eigenvalue weighted by Gasteiger charge is 2.61. The molecule has 1 atom stereocenters. The van der Waals surface area contributed by atoms with Crippen molar-refractivity contribution >= 4 is 15.9 Å². The molecular weight excluding hydrogens is 254 g/mol. The quantitative estimate of drug-likeness (QED) is 0.896. The van der Waals surface area contributed by atoms with Crippen LogP contribution in [0.1, 0.15) is 25.8 Å². The van der Waals surface area contributed by atoms with Crippen molar-refractivity contribution in [3.63, 3.8) is 0 Å². The van der Waals surface area contributed by atoms with E-state index in [2.05, 4.69) is 29.8 Å². The van der Waals surface area contributed by atoms with Crippen LogP contribution in [0.2, 0.25) is 0 Å². The zero-order valence-corrected chi connectivity index (χ0v) is 10.9. The fraction of sp³-hybridized carbons (Fsp3) is 0.500. The number of halogens is 1. The average molecular weight is 270 g/mol. The van der Waals surface area contributed by atoms with Crippen molar-refractivity contribution in [2.45, 2.75) is 25.8 Å².